The molecule has 2 aromatic carbocycles. The molecule has 2 fully saturated rings. The average Bonchev–Trinajstić information content (AvgIpc) is 3.24. The summed E-state index contributed by atoms with van der Waals surface area (Å²) in [6.07, 6.45) is 4.44. The summed E-state index contributed by atoms with van der Waals surface area (Å²) in [5.41, 5.74) is 0.975. The Morgan fingerprint density at radius 2 is 1.61 bits per heavy atom. The number of sulfonamides is 1. The minimum Gasteiger partial charge on any atom is -0.335 e. The Morgan fingerprint density at radius 1 is 0.968 bits per heavy atom. The van der Waals surface area contributed by atoms with E-state index in [0.717, 1.165) is 29.4 Å². The quantitative estimate of drug-likeness (QED) is 0.631. The lowest BCUT2D eigenvalue weighted by Crippen LogP contribution is -2.42. The van der Waals surface area contributed by atoms with E-state index in [2.05, 4.69) is 20.7 Å². The molecule has 1 N–H and O–H groups in total. The zero-order valence-corrected chi connectivity index (χ0v) is 19.5. The van der Waals surface area contributed by atoms with Gasteiger partial charge in [0.25, 0.3) is 0 Å². The van der Waals surface area contributed by atoms with E-state index in [1.54, 1.807) is 36.4 Å². The lowest BCUT2D eigenvalue weighted by molar-refractivity contribution is -0.137. The monoisotopic (exact) mass is 508 g/mol. The smallest absolute Gasteiger partial charge is 0.240 e. The van der Waals surface area contributed by atoms with Gasteiger partial charge < -0.3 is 4.90 Å². The molecule has 5 nitrogen and oxygen atoms in total. The molecule has 0 aromatic heterocycles. The van der Waals surface area contributed by atoms with Gasteiger partial charge in [-0.05, 0) is 80.5 Å². The Hall–Kier alpha value is -1.77. The van der Waals surface area contributed by atoms with Crippen LogP contribution < -0.4 is 4.72 Å². The Balaban J connectivity index is 1.35. The molecular weight excluding hydrogens is 483 g/mol. The van der Waals surface area contributed by atoms with Crippen molar-refractivity contribution in [3.8, 4) is 0 Å². The maximum Gasteiger partial charge on any atom is 0.240 e. The number of amides is 1. The minimum atomic E-state index is -3.58. The lowest BCUT2D eigenvalue weighted by atomic mass is 9.85. The summed E-state index contributed by atoms with van der Waals surface area (Å²) < 4.78 is 42.2. The molecule has 2 aliphatic rings. The number of nitrogens with one attached hydrogen (secondary N) is 1. The number of likely N-dealkylation sites (tertiary alicyclic amines) is 1. The first-order chi connectivity index (χ1) is 14.8. The number of carbonyl (C=O) groups excluding carboxylic acids is 1. The van der Waals surface area contributed by atoms with Crippen molar-refractivity contribution in [3.63, 3.8) is 0 Å². The van der Waals surface area contributed by atoms with E-state index in [0.29, 0.717) is 25.7 Å². The van der Waals surface area contributed by atoms with Crippen LogP contribution in [0.25, 0.3) is 0 Å². The molecule has 2 aromatic rings. The number of halogens is 2. The first kappa shape index (κ1) is 22.4. The Kier molecular flexibility index (Phi) is 6.79. The molecule has 0 spiro atoms. The average molecular weight is 509 g/mol. The zero-order valence-electron chi connectivity index (χ0n) is 17.1. The zero-order chi connectivity index (χ0) is 22.0. The highest BCUT2D eigenvalue weighted by molar-refractivity contribution is 9.10. The van der Waals surface area contributed by atoms with Gasteiger partial charge >= 0.3 is 0 Å². The molecule has 1 aliphatic heterocycles. The summed E-state index contributed by atoms with van der Waals surface area (Å²) in [7, 11) is -3.58. The second-order valence-corrected chi connectivity index (χ2v) is 11.0. The number of hydrogen-bond acceptors (Lipinski definition) is 3. The number of hydrogen-bond donors (Lipinski definition) is 1. The molecule has 166 valence electrons. The summed E-state index contributed by atoms with van der Waals surface area (Å²) in [6.45, 7) is 0.719. The molecule has 0 radical (unpaired) electrons. The van der Waals surface area contributed by atoms with E-state index in [1.165, 1.54) is 12.1 Å². The van der Waals surface area contributed by atoms with Crippen LogP contribution in [0.15, 0.2) is 57.9 Å². The summed E-state index contributed by atoms with van der Waals surface area (Å²) in [5.74, 6) is -0.223. The highest BCUT2D eigenvalue weighted by Gasteiger charge is 2.36. The standard InChI is InChI=1S/C23H26BrFN2O3S/c24-18-7-13-21(14-8-18)31(29,30)26-20-11-5-17(6-12-20)23(28)27-15-1-2-22(27)16-3-9-19(25)10-4-16/h3-4,7-10,13-14,17,20,22,26H,1-2,5-6,11-12,15H2/t17-,20-,22-/m1/s1. The fourth-order valence-corrected chi connectivity index (χ4v) is 6.23. The van der Waals surface area contributed by atoms with Gasteiger partial charge in [-0.3, -0.25) is 4.79 Å². The van der Waals surface area contributed by atoms with Crippen LogP contribution in [0.4, 0.5) is 4.39 Å². The first-order valence-corrected chi connectivity index (χ1v) is 12.9. The minimum absolute atomic E-state index is 0.00160. The topological polar surface area (TPSA) is 66.5 Å². The second kappa shape index (κ2) is 9.38. The van der Waals surface area contributed by atoms with E-state index in [4.69, 9.17) is 0 Å². The second-order valence-electron chi connectivity index (χ2n) is 8.36. The van der Waals surface area contributed by atoms with Gasteiger partial charge in [0, 0.05) is 23.0 Å². The van der Waals surface area contributed by atoms with Crippen LogP contribution in [0.1, 0.15) is 50.1 Å². The SMILES string of the molecule is O=C([C@H]1CC[C@H](NS(=O)(=O)c2ccc(Br)cc2)CC1)N1CCC[C@@H]1c1ccc(F)cc1. The van der Waals surface area contributed by atoms with Crippen LogP contribution in [0.5, 0.6) is 0 Å². The number of carbonyl (C=O) groups is 1. The van der Waals surface area contributed by atoms with E-state index in [-0.39, 0.29) is 34.6 Å². The van der Waals surface area contributed by atoms with Crippen LogP contribution in [-0.2, 0) is 14.8 Å². The molecule has 4 rings (SSSR count). The molecule has 31 heavy (non-hydrogen) atoms. The predicted molar refractivity (Wildman–Crippen MR) is 120 cm³/mol. The summed E-state index contributed by atoms with van der Waals surface area (Å²) >= 11 is 3.31. The maximum atomic E-state index is 13.3. The van der Waals surface area contributed by atoms with E-state index in [9.17, 15) is 17.6 Å². The Bertz CT molecular complexity index is 1020. The molecule has 1 saturated carbocycles. The summed E-state index contributed by atoms with van der Waals surface area (Å²) in [4.78, 5) is 15.4. The molecule has 1 saturated heterocycles. The molecule has 1 atom stereocenters. The highest BCUT2D eigenvalue weighted by atomic mass is 79.9. The molecule has 1 amide bonds. The third-order valence-electron chi connectivity index (χ3n) is 6.31. The van der Waals surface area contributed by atoms with Crippen LogP contribution in [0.3, 0.4) is 0 Å². The number of rotatable bonds is 5. The lowest BCUT2D eigenvalue weighted by Gasteiger charge is -2.33. The third-order valence-corrected chi connectivity index (χ3v) is 8.38. The van der Waals surface area contributed by atoms with E-state index >= 15 is 0 Å². The van der Waals surface area contributed by atoms with Crippen molar-refractivity contribution in [3.05, 3.63) is 64.4 Å². The van der Waals surface area contributed by atoms with Crippen LogP contribution >= 0.6 is 15.9 Å². The van der Waals surface area contributed by atoms with Gasteiger partial charge in [0.2, 0.25) is 15.9 Å². The van der Waals surface area contributed by atoms with Crippen LogP contribution in [0.2, 0.25) is 0 Å². The van der Waals surface area contributed by atoms with Gasteiger partial charge in [0.15, 0.2) is 0 Å². The Labute approximate surface area is 191 Å². The van der Waals surface area contributed by atoms with E-state index < -0.39 is 10.0 Å². The largest absolute Gasteiger partial charge is 0.335 e. The molecule has 1 aliphatic carbocycles. The predicted octanol–water partition coefficient (Wildman–Crippen LogP) is 4.79. The van der Waals surface area contributed by atoms with Gasteiger partial charge in [0.1, 0.15) is 5.82 Å². The third kappa shape index (κ3) is 5.18. The summed E-state index contributed by atoms with van der Waals surface area (Å²) in [5, 5.41) is 0. The molecule has 0 unspecified atom stereocenters. The number of nitrogens with zero attached hydrogens (tertiary/aromatic N) is 1. The summed E-state index contributed by atoms with van der Waals surface area (Å²) in [6, 6.07) is 12.8. The molecule has 0 bridgehead atoms. The van der Waals surface area contributed by atoms with Crippen molar-refractivity contribution < 1.29 is 17.6 Å². The van der Waals surface area contributed by atoms with Gasteiger partial charge in [0.05, 0.1) is 10.9 Å². The van der Waals surface area contributed by atoms with Crippen molar-refractivity contribution >= 4 is 31.9 Å². The van der Waals surface area contributed by atoms with Crippen molar-refractivity contribution in [2.75, 3.05) is 6.54 Å². The van der Waals surface area contributed by atoms with Crippen molar-refractivity contribution in [1.82, 2.24) is 9.62 Å². The van der Waals surface area contributed by atoms with Gasteiger partial charge in [-0.15, -0.1) is 0 Å². The van der Waals surface area contributed by atoms with Crippen molar-refractivity contribution in [2.24, 2.45) is 5.92 Å². The van der Waals surface area contributed by atoms with Crippen LogP contribution in [0, 0.1) is 11.7 Å². The molecular formula is C23H26BrFN2O3S. The van der Waals surface area contributed by atoms with Gasteiger partial charge in [-0.2, -0.15) is 0 Å². The van der Waals surface area contributed by atoms with Crippen molar-refractivity contribution in [1.29, 1.82) is 0 Å². The van der Waals surface area contributed by atoms with Gasteiger partial charge in [-0.25, -0.2) is 17.5 Å². The fourth-order valence-electron chi connectivity index (χ4n) is 4.66. The van der Waals surface area contributed by atoms with Crippen LogP contribution in [-0.4, -0.2) is 31.8 Å². The number of benzene rings is 2. The van der Waals surface area contributed by atoms with Crippen molar-refractivity contribution in [2.45, 2.75) is 55.5 Å². The first-order valence-electron chi connectivity index (χ1n) is 10.7. The molecule has 1 heterocycles. The Morgan fingerprint density at radius 3 is 2.26 bits per heavy atom. The normalized spacial score (nSPS) is 24.3. The van der Waals surface area contributed by atoms with E-state index in [1.807, 2.05) is 4.90 Å². The van der Waals surface area contributed by atoms with Gasteiger partial charge in [-0.1, -0.05) is 28.1 Å². The molecule has 8 heteroatoms. The fraction of sp³-hybridized carbons (Fsp3) is 0.435. The maximum absolute atomic E-state index is 13.3. The highest BCUT2D eigenvalue weighted by Crippen LogP contribution is 2.36.